The third-order valence-corrected chi connectivity index (χ3v) is 6.10. The van der Waals surface area contributed by atoms with Crippen molar-refractivity contribution in [1.29, 1.82) is 0 Å². The summed E-state index contributed by atoms with van der Waals surface area (Å²) in [5.74, 6) is 0. The van der Waals surface area contributed by atoms with E-state index in [2.05, 4.69) is 26.0 Å². The van der Waals surface area contributed by atoms with E-state index >= 15 is 0 Å². The fourth-order valence-corrected chi connectivity index (χ4v) is 4.62. The zero-order valence-corrected chi connectivity index (χ0v) is 15.9. The highest BCUT2D eigenvalue weighted by Crippen LogP contribution is 2.32. The molecule has 0 aliphatic carbocycles. The van der Waals surface area contributed by atoms with Crippen molar-refractivity contribution in [2.45, 2.75) is 11.4 Å². The van der Waals surface area contributed by atoms with Crippen LogP contribution in [0.1, 0.15) is 6.55 Å². The number of fused-ring (bicyclic) bond motifs is 1. The molecule has 0 saturated carbocycles. The Bertz CT molecular complexity index is 1240. The molecule has 6 nitrogen and oxygen atoms in total. The van der Waals surface area contributed by atoms with Gasteiger partial charge < -0.3 is 0 Å². The number of benzene rings is 1. The maximum Gasteiger partial charge on any atom is 0.333 e. The Labute approximate surface area is 161 Å². The van der Waals surface area contributed by atoms with Crippen LogP contribution >= 0.6 is 15.9 Å². The molecule has 0 aliphatic heterocycles. The van der Waals surface area contributed by atoms with Gasteiger partial charge >= 0.3 is 6.55 Å². The molecule has 4 aromatic rings. The molecular weight excluding hydrogens is 442 g/mol. The summed E-state index contributed by atoms with van der Waals surface area (Å²) in [7, 11) is -4.01. The second-order valence-electron chi connectivity index (χ2n) is 5.67. The third-order valence-electron chi connectivity index (χ3n) is 3.94. The second kappa shape index (κ2) is 6.54. The van der Waals surface area contributed by atoms with Gasteiger partial charge in [-0.3, -0.25) is 0 Å². The first-order valence-corrected chi connectivity index (χ1v) is 9.91. The average Bonchev–Trinajstić information content (AvgIpc) is 3.27. The molecule has 0 bridgehead atoms. The van der Waals surface area contributed by atoms with Crippen molar-refractivity contribution in [1.82, 2.24) is 18.7 Å². The third kappa shape index (κ3) is 3.04. The van der Waals surface area contributed by atoms with E-state index in [1.165, 1.54) is 24.5 Å². The summed E-state index contributed by atoms with van der Waals surface area (Å²) in [6.45, 7) is -2.82. The van der Waals surface area contributed by atoms with Crippen molar-refractivity contribution in [2.75, 3.05) is 0 Å². The molecule has 0 spiro atoms. The highest BCUT2D eigenvalue weighted by Gasteiger charge is 2.25. The number of aromatic nitrogens is 4. The summed E-state index contributed by atoms with van der Waals surface area (Å²) in [6.07, 6.45) is 3.78. The van der Waals surface area contributed by atoms with Crippen LogP contribution in [0.5, 0.6) is 0 Å². The molecule has 0 fully saturated rings. The Hall–Kier alpha value is -2.59. The van der Waals surface area contributed by atoms with Crippen molar-refractivity contribution >= 4 is 37.0 Å². The van der Waals surface area contributed by atoms with Crippen molar-refractivity contribution in [2.24, 2.45) is 0 Å². The van der Waals surface area contributed by atoms with Gasteiger partial charge in [0.2, 0.25) is 0 Å². The van der Waals surface area contributed by atoms with Crippen molar-refractivity contribution in [3.8, 4) is 11.3 Å². The lowest BCUT2D eigenvalue weighted by atomic mass is 10.2. The van der Waals surface area contributed by atoms with E-state index in [4.69, 9.17) is 0 Å². The summed E-state index contributed by atoms with van der Waals surface area (Å²) in [5.41, 5.74) is 0.636. The second-order valence-corrected chi connectivity index (χ2v) is 8.37. The van der Waals surface area contributed by atoms with E-state index in [0.717, 1.165) is 10.2 Å². The molecule has 0 amide bonds. The normalized spacial score (nSPS) is 12.1. The summed E-state index contributed by atoms with van der Waals surface area (Å²) < 4.78 is 54.5. The summed E-state index contributed by atoms with van der Waals surface area (Å²) in [4.78, 5) is 4.29. The first kappa shape index (κ1) is 17.8. The van der Waals surface area contributed by atoms with Crippen LogP contribution in [-0.2, 0) is 10.0 Å². The Morgan fingerprint density at radius 3 is 2.48 bits per heavy atom. The van der Waals surface area contributed by atoms with Crippen LogP contribution in [0.25, 0.3) is 22.3 Å². The lowest BCUT2D eigenvalue weighted by molar-refractivity contribution is 0.0566. The predicted octanol–water partition coefficient (Wildman–Crippen LogP) is 4.29. The SMILES string of the molecule is O=S(=O)(c1ccccc1)n1c(-c2cnn(C(F)F)c2)cc2cc(Br)cnc21. The van der Waals surface area contributed by atoms with Crippen LogP contribution in [0.2, 0.25) is 0 Å². The topological polar surface area (TPSA) is 69.8 Å². The minimum absolute atomic E-state index is 0.0646. The van der Waals surface area contributed by atoms with Crippen molar-refractivity contribution in [3.63, 3.8) is 0 Å². The van der Waals surface area contributed by atoms with Gasteiger partial charge in [0, 0.05) is 27.8 Å². The van der Waals surface area contributed by atoms with Crippen LogP contribution in [-0.4, -0.2) is 27.2 Å². The Balaban J connectivity index is 2.03. The number of nitrogens with zero attached hydrogens (tertiary/aromatic N) is 4. The molecule has 0 aliphatic rings. The van der Waals surface area contributed by atoms with E-state index in [-0.39, 0.29) is 21.8 Å². The lowest BCUT2D eigenvalue weighted by Gasteiger charge is -2.10. The van der Waals surface area contributed by atoms with Crippen LogP contribution in [0.4, 0.5) is 8.78 Å². The molecule has 3 aromatic heterocycles. The fraction of sp³-hybridized carbons (Fsp3) is 0.0588. The van der Waals surface area contributed by atoms with E-state index in [1.54, 1.807) is 30.3 Å². The maximum atomic E-state index is 13.3. The van der Waals surface area contributed by atoms with Crippen molar-refractivity contribution in [3.05, 3.63) is 65.5 Å². The van der Waals surface area contributed by atoms with E-state index < -0.39 is 16.6 Å². The number of alkyl halides is 2. The van der Waals surface area contributed by atoms with Gasteiger partial charge in [0.05, 0.1) is 16.8 Å². The number of hydrogen-bond acceptors (Lipinski definition) is 4. The van der Waals surface area contributed by atoms with Gasteiger partial charge in [-0.25, -0.2) is 22.1 Å². The molecule has 27 heavy (non-hydrogen) atoms. The first-order valence-electron chi connectivity index (χ1n) is 7.68. The van der Waals surface area contributed by atoms with Crippen molar-refractivity contribution < 1.29 is 17.2 Å². The number of pyridine rings is 1. The fourth-order valence-electron chi connectivity index (χ4n) is 2.76. The van der Waals surface area contributed by atoms with Gasteiger partial charge in [0.25, 0.3) is 10.0 Å². The smallest absolute Gasteiger partial charge is 0.236 e. The van der Waals surface area contributed by atoms with Gasteiger partial charge in [-0.15, -0.1) is 0 Å². The Morgan fingerprint density at radius 1 is 1.07 bits per heavy atom. The van der Waals surface area contributed by atoms with Gasteiger partial charge in [0.1, 0.15) is 0 Å². The zero-order valence-electron chi connectivity index (χ0n) is 13.5. The molecule has 0 saturated heterocycles. The average molecular weight is 453 g/mol. The first-order chi connectivity index (χ1) is 12.9. The molecule has 3 heterocycles. The molecular formula is C17H11BrF2N4O2S. The highest BCUT2D eigenvalue weighted by molar-refractivity contribution is 9.10. The Kier molecular flexibility index (Phi) is 4.31. The summed E-state index contributed by atoms with van der Waals surface area (Å²) >= 11 is 3.30. The van der Waals surface area contributed by atoms with Crippen LogP contribution < -0.4 is 0 Å². The molecule has 0 atom stereocenters. The lowest BCUT2D eigenvalue weighted by Crippen LogP contribution is -2.14. The van der Waals surface area contributed by atoms with Gasteiger partial charge in [0.15, 0.2) is 5.65 Å². The van der Waals surface area contributed by atoms with Crippen LogP contribution in [0.3, 0.4) is 0 Å². The molecule has 138 valence electrons. The highest BCUT2D eigenvalue weighted by atomic mass is 79.9. The molecule has 0 unspecified atom stereocenters. The number of rotatable bonds is 4. The van der Waals surface area contributed by atoms with Gasteiger partial charge in [-0.1, -0.05) is 18.2 Å². The monoisotopic (exact) mass is 452 g/mol. The maximum absolute atomic E-state index is 13.3. The van der Waals surface area contributed by atoms with Crippen LogP contribution in [0, 0.1) is 0 Å². The van der Waals surface area contributed by atoms with Gasteiger partial charge in [-0.05, 0) is 40.2 Å². The quantitative estimate of drug-likeness (QED) is 0.462. The Morgan fingerprint density at radius 2 is 1.81 bits per heavy atom. The molecule has 0 N–H and O–H groups in total. The predicted molar refractivity (Wildman–Crippen MR) is 98.9 cm³/mol. The minimum Gasteiger partial charge on any atom is -0.236 e. The molecule has 10 heteroatoms. The standard InChI is InChI=1S/C17H11BrF2N4O2S/c18-13-6-11-7-15(12-8-22-23(10-12)17(19)20)24(16(11)21-9-13)27(25,26)14-4-2-1-3-5-14/h1-10,17H. The van der Waals surface area contributed by atoms with Crippen LogP contribution in [0.15, 0.2) is 70.4 Å². The molecule has 4 rings (SSSR count). The summed E-state index contributed by atoms with van der Waals surface area (Å²) in [5, 5.41) is 4.15. The minimum atomic E-state index is -4.01. The molecule has 0 radical (unpaired) electrons. The molecule has 1 aromatic carbocycles. The largest absolute Gasteiger partial charge is 0.333 e. The van der Waals surface area contributed by atoms with Gasteiger partial charge in [-0.2, -0.15) is 13.9 Å². The zero-order chi connectivity index (χ0) is 19.2. The van der Waals surface area contributed by atoms with E-state index in [0.29, 0.717) is 14.5 Å². The van der Waals surface area contributed by atoms with E-state index in [9.17, 15) is 17.2 Å². The number of halogens is 3. The number of hydrogen-bond donors (Lipinski definition) is 0. The van der Waals surface area contributed by atoms with E-state index in [1.807, 2.05) is 0 Å². The summed E-state index contributed by atoms with van der Waals surface area (Å²) in [6, 6.07) is 11.1.